The minimum Gasteiger partial charge on any atom is -0.444 e. The summed E-state index contributed by atoms with van der Waals surface area (Å²) in [6.45, 7) is 9.30. The molecule has 1 amide bonds. The molecule has 0 aromatic heterocycles. The predicted octanol–water partition coefficient (Wildman–Crippen LogP) is 2.90. The van der Waals surface area contributed by atoms with Crippen molar-refractivity contribution in [2.24, 2.45) is 11.8 Å². The van der Waals surface area contributed by atoms with E-state index in [1.807, 2.05) is 34.6 Å². The van der Waals surface area contributed by atoms with Gasteiger partial charge in [0, 0.05) is 6.42 Å². The fourth-order valence-corrected chi connectivity index (χ4v) is 1.79. The summed E-state index contributed by atoms with van der Waals surface area (Å²) in [5, 5.41) is 2.70. The van der Waals surface area contributed by atoms with Crippen molar-refractivity contribution in [3.63, 3.8) is 0 Å². The lowest BCUT2D eigenvalue weighted by Gasteiger charge is -2.25. The highest BCUT2D eigenvalue weighted by Gasteiger charge is 2.31. The third-order valence-corrected chi connectivity index (χ3v) is 2.87. The van der Waals surface area contributed by atoms with Crippen LogP contribution < -0.4 is 5.32 Å². The number of alkyl carbamates (subject to hydrolysis) is 1. The molecule has 0 bridgehead atoms. The van der Waals surface area contributed by atoms with Gasteiger partial charge in [-0.1, -0.05) is 13.8 Å². The van der Waals surface area contributed by atoms with Crippen molar-refractivity contribution in [2.75, 3.05) is 0 Å². The zero-order valence-corrected chi connectivity index (χ0v) is 12.1. The third-order valence-electron chi connectivity index (χ3n) is 2.87. The molecule has 1 rings (SSSR count). The number of carbonyl (C=O) groups is 2. The topological polar surface area (TPSA) is 55.4 Å². The van der Waals surface area contributed by atoms with Crippen molar-refractivity contribution >= 4 is 11.9 Å². The van der Waals surface area contributed by atoms with E-state index in [1.54, 1.807) is 0 Å². The predicted molar refractivity (Wildman–Crippen MR) is 70.3 cm³/mol. The zero-order valence-electron chi connectivity index (χ0n) is 12.1. The Balaban J connectivity index is 2.51. The van der Waals surface area contributed by atoms with Gasteiger partial charge in [0.25, 0.3) is 0 Å². The molecular formula is C14H25NO3. The molecule has 1 aliphatic carbocycles. The molecule has 1 atom stereocenters. The maximum atomic E-state index is 12.1. The molecule has 0 heterocycles. The monoisotopic (exact) mass is 255 g/mol. The number of amides is 1. The molecule has 104 valence electrons. The van der Waals surface area contributed by atoms with Gasteiger partial charge in [-0.25, -0.2) is 4.79 Å². The van der Waals surface area contributed by atoms with Crippen molar-refractivity contribution in [1.29, 1.82) is 0 Å². The smallest absolute Gasteiger partial charge is 0.408 e. The normalized spacial score (nSPS) is 17.4. The van der Waals surface area contributed by atoms with Crippen LogP contribution in [0.2, 0.25) is 0 Å². The van der Waals surface area contributed by atoms with Crippen LogP contribution in [0.15, 0.2) is 0 Å². The summed E-state index contributed by atoms with van der Waals surface area (Å²) in [6.07, 6.45) is 2.36. The van der Waals surface area contributed by atoms with Gasteiger partial charge in [-0.3, -0.25) is 4.79 Å². The second-order valence-corrected chi connectivity index (χ2v) is 6.48. The molecule has 0 aromatic rings. The summed E-state index contributed by atoms with van der Waals surface area (Å²) in [7, 11) is 0. The summed E-state index contributed by atoms with van der Waals surface area (Å²) < 4.78 is 5.19. The minimum atomic E-state index is -0.537. The van der Waals surface area contributed by atoms with Crippen LogP contribution in [0, 0.1) is 11.8 Å². The first-order chi connectivity index (χ1) is 8.19. The van der Waals surface area contributed by atoms with Gasteiger partial charge in [0.15, 0.2) is 5.78 Å². The molecule has 1 N–H and O–H groups in total. The standard InChI is InChI=1S/C14H25NO3/c1-9(2)12(11(16)8-10-6-7-10)15-13(17)18-14(3,4)5/h9-10,12H,6-8H2,1-5H3,(H,15,17). The lowest BCUT2D eigenvalue weighted by molar-refractivity contribution is -0.122. The number of rotatable bonds is 5. The Morgan fingerprint density at radius 1 is 1.28 bits per heavy atom. The highest BCUT2D eigenvalue weighted by atomic mass is 16.6. The van der Waals surface area contributed by atoms with Gasteiger partial charge in [0.05, 0.1) is 6.04 Å². The van der Waals surface area contributed by atoms with Crippen LogP contribution in [-0.2, 0) is 9.53 Å². The molecule has 4 heteroatoms. The van der Waals surface area contributed by atoms with Crippen LogP contribution in [-0.4, -0.2) is 23.5 Å². The van der Waals surface area contributed by atoms with E-state index < -0.39 is 17.7 Å². The van der Waals surface area contributed by atoms with Gasteiger partial charge in [0.2, 0.25) is 0 Å². The Bertz CT molecular complexity index is 313. The molecule has 0 spiro atoms. The maximum absolute atomic E-state index is 12.1. The fraction of sp³-hybridized carbons (Fsp3) is 0.857. The lowest BCUT2D eigenvalue weighted by Crippen LogP contribution is -2.46. The summed E-state index contributed by atoms with van der Waals surface area (Å²) in [6, 6.07) is -0.430. The molecule has 0 aliphatic heterocycles. The van der Waals surface area contributed by atoms with E-state index in [-0.39, 0.29) is 11.7 Å². The number of ketones is 1. The van der Waals surface area contributed by atoms with Crippen LogP contribution in [0.25, 0.3) is 0 Å². The Labute approximate surface area is 109 Å². The maximum Gasteiger partial charge on any atom is 0.408 e. The molecule has 1 aliphatic rings. The summed E-state index contributed by atoms with van der Waals surface area (Å²) in [4.78, 5) is 23.8. The largest absolute Gasteiger partial charge is 0.444 e. The quantitative estimate of drug-likeness (QED) is 0.821. The van der Waals surface area contributed by atoms with Crippen molar-refractivity contribution in [3.05, 3.63) is 0 Å². The molecule has 1 unspecified atom stereocenters. The first-order valence-corrected chi connectivity index (χ1v) is 6.71. The van der Waals surface area contributed by atoms with E-state index in [4.69, 9.17) is 4.74 Å². The molecular weight excluding hydrogens is 230 g/mol. The molecule has 0 saturated heterocycles. The van der Waals surface area contributed by atoms with Gasteiger partial charge >= 0.3 is 6.09 Å². The molecule has 0 aromatic carbocycles. The Hall–Kier alpha value is -1.06. The third kappa shape index (κ3) is 5.52. The highest BCUT2D eigenvalue weighted by molar-refractivity contribution is 5.88. The number of hydrogen-bond acceptors (Lipinski definition) is 3. The summed E-state index contributed by atoms with van der Waals surface area (Å²) >= 11 is 0. The Kier molecular flexibility index (Phi) is 4.77. The zero-order chi connectivity index (χ0) is 13.9. The molecule has 1 saturated carbocycles. The number of carbonyl (C=O) groups excluding carboxylic acids is 2. The van der Waals surface area contributed by atoms with Gasteiger partial charge in [-0.15, -0.1) is 0 Å². The van der Waals surface area contributed by atoms with Gasteiger partial charge in [-0.2, -0.15) is 0 Å². The van der Waals surface area contributed by atoms with Crippen molar-refractivity contribution in [2.45, 2.75) is 65.5 Å². The number of ether oxygens (including phenoxy) is 1. The van der Waals surface area contributed by atoms with Crippen LogP contribution >= 0.6 is 0 Å². The minimum absolute atomic E-state index is 0.0868. The highest BCUT2D eigenvalue weighted by Crippen LogP contribution is 2.33. The van der Waals surface area contributed by atoms with Crippen LogP contribution in [0.1, 0.15) is 53.9 Å². The van der Waals surface area contributed by atoms with E-state index in [2.05, 4.69) is 5.32 Å². The van der Waals surface area contributed by atoms with Crippen molar-refractivity contribution in [1.82, 2.24) is 5.32 Å². The van der Waals surface area contributed by atoms with Gasteiger partial charge in [-0.05, 0) is 45.4 Å². The number of Topliss-reactive ketones (excluding diaryl/α,β-unsaturated/α-hetero) is 1. The first kappa shape index (κ1) is 15.0. The number of hydrogen-bond donors (Lipinski definition) is 1. The van der Waals surface area contributed by atoms with E-state index in [1.165, 1.54) is 0 Å². The average Bonchev–Trinajstić information content (AvgIpc) is 2.94. The average molecular weight is 255 g/mol. The molecule has 1 fully saturated rings. The van der Waals surface area contributed by atoms with E-state index in [9.17, 15) is 9.59 Å². The number of nitrogens with one attached hydrogen (secondary N) is 1. The molecule has 0 radical (unpaired) electrons. The first-order valence-electron chi connectivity index (χ1n) is 6.71. The second kappa shape index (κ2) is 5.72. The summed E-state index contributed by atoms with van der Waals surface area (Å²) in [5.74, 6) is 0.751. The van der Waals surface area contributed by atoms with Crippen LogP contribution in [0.3, 0.4) is 0 Å². The van der Waals surface area contributed by atoms with Crippen molar-refractivity contribution < 1.29 is 14.3 Å². The molecule has 4 nitrogen and oxygen atoms in total. The summed E-state index contributed by atoms with van der Waals surface area (Å²) in [5.41, 5.74) is -0.537. The van der Waals surface area contributed by atoms with E-state index in [0.717, 1.165) is 12.8 Å². The van der Waals surface area contributed by atoms with Gasteiger partial charge < -0.3 is 10.1 Å². The Morgan fingerprint density at radius 2 is 1.83 bits per heavy atom. The lowest BCUT2D eigenvalue weighted by atomic mass is 9.96. The van der Waals surface area contributed by atoms with Crippen LogP contribution in [0.4, 0.5) is 4.79 Å². The second-order valence-electron chi connectivity index (χ2n) is 6.48. The Morgan fingerprint density at radius 3 is 2.22 bits per heavy atom. The fourth-order valence-electron chi connectivity index (χ4n) is 1.79. The van der Waals surface area contributed by atoms with Crippen molar-refractivity contribution in [3.8, 4) is 0 Å². The van der Waals surface area contributed by atoms with Gasteiger partial charge in [0.1, 0.15) is 5.60 Å². The molecule has 18 heavy (non-hydrogen) atoms. The van der Waals surface area contributed by atoms with Crippen LogP contribution in [0.5, 0.6) is 0 Å². The van der Waals surface area contributed by atoms with E-state index in [0.29, 0.717) is 12.3 Å². The van der Waals surface area contributed by atoms with E-state index >= 15 is 0 Å². The SMILES string of the molecule is CC(C)C(NC(=O)OC(C)(C)C)C(=O)CC1CC1.